The Bertz CT molecular complexity index is 688. The maximum atomic E-state index is 11.8. The van der Waals surface area contributed by atoms with Crippen LogP contribution in [0.1, 0.15) is 6.42 Å². The zero-order valence-corrected chi connectivity index (χ0v) is 14.3. The van der Waals surface area contributed by atoms with Gasteiger partial charge in [0.15, 0.2) is 0 Å². The normalized spacial score (nSPS) is 17.7. The molecule has 0 bridgehead atoms. The van der Waals surface area contributed by atoms with Gasteiger partial charge in [-0.15, -0.1) is 0 Å². The van der Waals surface area contributed by atoms with Gasteiger partial charge in [0.2, 0.25) is 5.91 Å². The van der Waals surface area contributed by atoms with E-state index in [-0.39, 0.29) is 11.9 Å². The Morgan fingerprint density at radius 2 is 1.52 bits per heavy atom. The molecule has 0 spiro atoms. The Balaban J connectivity index is 0.000000321. The molecule has 3 amide bonds. The summed E-state index contributed by atoms with van der Waals surface area (Å²) in [6, 6.07) is 7.60. The van der Waals surface area contributed by atoms with Crippen LogP contribution in [0.4, 0.5) is 29.3 Å². The standard InChI is InChI=1S/C14H18N4O2.C2HF3O2/c19-13-5-8-18(14(20)16-13)12-3-1-11(2-4-12)17-9-6-15-7-10-17;3-2(4,5)1(6)7/h1-4,15H,5-10H2,(H,16,19,20);(H,6,7). The number of alkyl halides is 3. The fraction of sp³-hybridized carbons (Fsp3) is 0.438. The van der Waals surface area contributed by atoms with Crippen molar-refractivity contribution >= 4 is 29.3 Å². The summed E-state index contributed by atoms with van der Waals surface area (Å²) in [4.78, 5) is 35.7. The number of imide groups is 1. The van der Waals surface area contributed by atoms with Gasteiger partial charge in [-0.1, -0.05) is 0 Å². The number of piperazine rings is 1. The number of urea groups is 1. The third kappa shape index (κ3) is 5.84. The summed E-state index contributed by atoms with van der Waals surface area (Å²) in [5.41, 5.74) is 2.00. The molecule has 0 aliphatic carbocycles. The van der Waals surface area contributed by atoms with Crippen LogP contribution in [-0.2, 0) is 9.59 Å². The molecule has 3 N–H and O–H groups in total. The van der Waals surface area contributed by atoms with Crippen molar-refractivity contribution in [2.24, 2.45) is 0 Å². The molecule has 0 aromatic heterocycles. The number of carbonyl (C=O) groups excluding carboxylic acids is 2. The second-order valence-corrected chi connectivity index (χ2v) is 5.81. The van der Waals surface area contributed by atoms with Gasteiger partial charge in [0.05, 0.1) is 0 Å². The zero-order chi connectivity index (χ0) is 20.0. The molecule has 0 atom stereocenters. The summed E-state index contributed by atoms with van der Waals surface area (Å²) >= 11 is 0. The number of amides is 3. The van der Waals surface area contributed by atoms with Crippen LogP contribution in [0.3, 0.4) is 0 Å². The van der Waals surface area contributed by atoms with Gasteiger partial charge in [0.25, 0.3) is 0 Å². The third-order valence-electron chi connectivity index (χ3n) is 3.94. The van der Waals surface area contributed by atoms with Crippen LogP contribution in [0.15, 0.2) is 24.3 Å². The second-order valence-electron chi connectivity index (χ2n) is 5.81. The summed E-state index contributed by atoms with van der Waals surface area (Å²) in [5.74, 6) is -2.96. The van der Waals surface area contributed by atoms with Crippen LogP contribution in [0.5, 0.6) is 0 Å². The first kappa shape index (κ1) is 20.5. The van der Waals surface area contributed by atoms with Crippen molar-refractivity contribution < 1.29 is 32.7 Å². The number of carboxylic acids is 1. The van der Waals surface area contributed by atoms with Crippen LogP contribution in [-0.4, -0.2) is 61.9 Å². The average Bonchev–Trinajstić information content (AvgIpc) is 2.62. The number of halogens is 3. The number of nitrogens with one attached hydrogen (secondary N) is 2. The maximum Gasteiger partial charge on any atom is 0.490 e. The molecular formula is C16H19F3N4O4. The molecule has 0 radical (unpaired) electrons. The minimum Gasteiger partial charge on any atom is -0.475 e. The van der Waals surface area contributed by atoms with E-state index in [0.29, 0.717) is 13.0 Å². The first-order chi connectivity index (χ1) is 12.7. The SMILES string of the molecule is O=C(O)C(F)(F)F.O=C1CCN(c2ccc(N3CCNCC3)cc2)C(=O)N1. The third-order valence-corrected chi connectivity index (χ3v) is 3.94. The highest BCUT2D eigenvalue weighted by atomic mass is 19.4. The fourth-order valence-corrected chi connectivity index (χ4v) is 2.58. The number of benzene rings is 1. The largest absolute Gasteiger partial charge is 0.490 e. The number of hydrogen-bond donors (Lipinski definition) is 3. The lowest BCUT2D eigenvalue weighted by molar-refractivity contribution is -0.192. The highest BCUT2D eigenvalue weighted by Gasteiger charge is 2.38. The van der Waals surface area contributed by atoms with Crippen molar-refractivity contribution in [3.63, 3.8) is 0 Å². The predicted octanol–water partition coefficient (Wildman–Crippen LogP) is 1.18. The predicted molar refractivity (Wildman–Crippen MR) is 90.7 cm³/mol. The molecule has 2 saturated heterocycles. The van der Waals surface area contributed by atoms with Crippen molar-refractivity contribution in [3.8, 4) is 0 Å². The van der Waals surface area contributed by atoms with E-state index < -0.39 is 12.1 Å². The quantitative estimate of drug-likeness (QED) is 0.703. The lowest BCUT2D eigenvalue weighted by atomic mass is 10.2. The minimum absolute atomic E-state index is 0.205. The van der Waals surface area contributed by atoms with Crippen LogP contribution >= 0.6 is 0 Å². The van der Waals surface area contributed by atoms with Crippen LogP contribution < -0.4 is 20.4 Å². The summed E-state index contributed by atoms with van der Waals surface area (Å²) in [5, 5.41) is 12.8. The smallest absolute Gasteiger partial charge is 0.475 e. The molecule has 0 saturated carbocycles. The number of aliphatic carboxylic acids is 1. The van der Waals surface area contributed by atoms with Crippen molar-refractivity contribution in [1.82, 2.24) is 10.6 Å². The van der Waals surface area contributed by atoms with Crippen LogP contribution in [0.25, 0.3) is 0 Å². The van der Waals surface area contributed by atoms with Crippen molar-refractivity contribution in [3.05, 3.63) is 24.3 Å². The summed E-state index contributed by atoms with van der Waals surface area (Å²) < 4.78 is 31.7. The highest BCUT2D eigenvalue weighted by molar-refractivity contribution is 6.05. The van der Waals surface area contributed by atoms with Crippen molar-refractivity contribution in [1.29, 1.82) is 0 Å². The molecule has 2 fully saturated rings. The van der Waals surface area contributed by atoms with Gasteiger partial charge in [-0.2, -0.15) is 13.2 Å². The molecule has 2 aliphatic heterocycles. The Labute approximate surface area is 152 Å². The van der Waals surface area contributed by atoms with Crippen LogP contribution in [0.2, 0.25) is 0 Å². The van der Waals surface area contributed by atoms with Crippen molar-refractivity contribution in [2.45, 2.75) is 12.6 Å². The lowest BCUT2D eigenvalue weighted by Crippen LogP contribution is -2.49. The van der Waals surface area contributed by atoms with E-state index in [1.165, 1.54) is 5.69 Å². The first-order valence-electron chi connectivity index (χ1n) is 8.15. The maximum absolute atomic E-state index is 11.8. The monoisotopic (exact) mass is 388 g/mol. The summed E-state index contributed by atoms with van der Waals surface area (Å²) in [7, 11) is 0. The average molecular weight is 388 g/mol. The van der Waals surface area contributed by atoms with E-state index in [1.54, 1.807) is 4.90 Å². The van der Waals surface area contributed by atoms with Gasteiger partial charge in [-0.3, -0.25) is 15.0 Å². The van der Waals surface area contributed by atoms with Gasteiger partial charge < -0.3 is 15.3 Å². The molecule has 3 rings (SSSR count). The van der Waals surface area contributed by atoms with E-state index in [0.717, 1.165) is 31.9 Å². The molecule has 1 aromatic rings. The van der Waals surface area contributed by atoms with Gasteiger partial charge >= 0.3 is 18.2 Å². The number of carbonyl (C=O) groups is 3. The zero-order valence-electron chi connectivity index (χ0n) is 14.3. The minimum atomic E-state index is -5.08. The number of rotatable bonds is 2. The molecule has 8 nitrogen and oxygen atoms in total. The molecule has 27 heavy (non-hydrogen) atoms. The molecule has 148 valence electrons. The summed E-state index contributed by atoms with van der Waals surface area (Å²) in [6.07, 6.45) is -4.73. The topological polar surface area (TPSA) is 102 Å². The molecular weight excluding hydrogens is 369 g/mol. The Morgan fingerprint density at radius 3 is 2.00 bits per heavy atom. The number of hydrogen-bond acceptors (Lipinski definition) is 5. The highest BCUT2D eigenvalue weighted by Crippen LogP contribution is 2.22. The number of carboxylic acid groups (broad SMARTS) is 1. The van der Waals surface area contributed by atoms with Crippen molar-refractivity contribution in [2.75, 3.05) is 42.5 Å². The van der Waals surface area contributed by atoms with Gasteiger partial charge in [0.1, 0.15) is 0 Å². The molecule has 2 aliphatic rings. The number of anilines is 2. The Kier molecular flexibility index (Phi) is 6.61. The Morgan fingerprint density at radius 1 is 1.00 bits per heavy atom. The van der Waals surface area contributed by atoms with E-state index >= 15 is 0 Å². The second kappa shape index (κ2) is 8.71. The summed E-state index contributed by atoms with van der Waals surface area (Å²) in [6.45, 7) is 4.44. The molecule has 11 heteroatoms. The number of nitrogens with zero attached hydrogens (tertiary/aromatic N) is 2. The van der Waals surface area contributed by atoms with E-state index in [1.807, 2.05) is 24.3 Å². The molecule has 1 aromatic carbocycles. The van der Waals surface area contributed by atoms with E-state index in [2.05, 4.69) is 15.5 Å². The van der Waals surface area contributed by atoms with E-state index in [4.69, 9.17) is 9.90 Å². The van der Waals surface area contributed by atoms with Gasteiger partial charge in [-0.05, 0) is 24.3 Å². The van der Waals surface area contributed by atoms with Crippen LogP contribution in [0, 0.1) is 0 Å². The Hall–Kier alpha value is -2.82. The van der Waals surface area contributed by atoms with Gasteiger partial charge in [0, 0.05) is 50.5 Å². The molecule has 2 heterocycles. The van der Waals surface area contributed by atoms with Gasteiger partial charge in [-0.25, -0.2) is 9.59 Å². The lowest BCUT2D eigenvalue weighted by Gasteiger charge is -2.30. The fourth-order valence-electron chi connectivity index (χ4n) is 2.58. The first-order valence-corrected chi connectivity index (χ1v) is 8.15. The van der Waals surface area contributed by atoms with E-state index in [9.17, 15) is 22.8 Å². The molecule has 0 unspecified atom stereocenters.